The fourth-order valence-corrected chi connectivity index (χ4v) is 4.01. The molecule has 0 aliphatic rings. The summed E-state index contributed by atoms with van der Waals surface area (Å²) in [5.41, 5.74) is 5.05. The van der Waals surface area contributed by atoms with Crippen LogP contribution in [0.2, 0.25) is 0 Å². The van der Waals surface area contributed by atoms with Crippen molar-refractivity contribution in [3.8, 4) is 39.8 Å². The van der Waals surface area contributed by atoms with Crippen molar-refractivity contribution in [2.75, 3.05) is 21.3 Å². The number of pyridine rings is 1. The van der Waals surface area contributed by atoms with Gasteiger partial charge in [0.25, 0.3) is 0 Å². The quantitative estimate of drug-likeness (QED) is 0.382. The first-order valence-corrected chi connectivity index (χ1v) is 9.99. The summed E-state index contributed by atoms with van der Waals surface area (Å²) < 4.78 is 16.6. The van der Waals surface area contributed by atoms with Crippen LogP contribution in [0.15, 0.2) is 72.9 Å². The molecule has 0 aliphatic heterocycles. The highest BCUT2D eigenvalue weighted by Gasteiger charge is 2.16. The zero-order valence-corrected chi connectivity index (χ0v) is 17.6. The van der Waals surface area contributed by atoms with E-state index < -0.39 is 0 Å². The van der Waals surface area contributed by atoms with Crippen LogP contribution in [0.1, 0.15) is 0 Å². The smallest absolute Gasteiger partial charge is 0.203 e. The Morgan fingerprint density at radius 3 is 2.19 bits per heavy atom. The van der Waals surface area contributed by atoms with Crippen molar-refractivity contribution in [1.82, 2.24) is 9.97 Å². The van der Waals surface area contributed by atoms with Gasteiger partial charge in [0.1, 0.15) is 0 Å². The maximum atomic E-state index is 5.54. The van der Waals surface area contributed by atoms with Crippen molar-refractivity contribution in [2.45, 2.75) is 0 Å². The number of aromatic nitrogens is 2. The van der Waals surface area contributed by atoms with E-state index in [2.05, 4.69) is 41.4 Å². The van der Waals surface area contributed by atoms with Gasteiger partial charge in [-0.2, -0.15) is 0 Å². The van der Waals surface area contributed by atoms with Crippen LogP contribution < -0.4 is 14.2 Å². The van der Waals surface area contributed by atoms with Gasteiger partial charge >= 0.3 is 0 Å². The number of hydrogen-bond acceptors (Lipinski definition) is 4. The lowest BCUT2D eigenvalue weighted by molar-refractivity contribution is 0.324. The van der Waals surface area contributed by atoms with Gasteiger partial charge in [-0.05, 0) is 47.3 Å². The summed E-state index contributed by atoms with van der Waals surface area (Å²) in [5, 5.41) is 3.35. The summed E-state index contributed by atoms with van der Waals surface area (Å²) in [6.45, 7) is 0. The summed E-state index contributed by atoms with van der Waals surface area (Å²) in [6.07, 6.45) is 1.82. The third-order valence-electron chi connectivity index (χ3n) is 5.55. The molecule has 5 rings (SSSR count). The summed E-state index contributed by atoms with van der Waals surface area (Å²) in [7, 11) is 4.83. The van der Waals surface area contributed by atoms with E-state index >= 15 is 0 Å². The second kappa shape index (κ2) is 7.69. The number of fused-ring (bicyclic) bond motifs is 2. The van der Waals surface area contributed by atoms with E-state index in [0.29, 0.717) is 17.2 Å². The average Bonchev–Trinajstić information content (AvgIpc) is 3.26. The number of rotatable bonds is 5. The minimum absolute atomic E-state index is 0.563. The first kappa shape index (κ1) is 19.0. The molecule has 5 aromatic rings. The van der Waals surface area contributed by atoms with Crippen LogP contribution in [0.3, 0.4) is 0 Å². The van der Waals surface area contributed by atoms with E-state index in [1.165, 1.54) is 5.39 Å². The molecule has 0 fully saturated rings. The number of H-pyrrole nitrogens is 1. The lowest BCUT2D eigenvalue weighted by Crippen LogP contribution is -1.96. The Morgan fingerprint density at radius 2 is 1.48 bits per heavy atom. The fraction of sp³-hybridized carbons (Fsp3) is 0.115. The predicted octanol–water partition coefficient (Wildman–Crippen LogP) is 6.08. The van der Waals surface area contributed by atoms with Gasteiger partial charge in [-0.3, -0.25) is 4.98 Å². The number of methoxy groups -OCH3 is 3. The van der Waals surface area contributed by atoms with E-state index in [1.54, 1.807) is 21.3 Å². The molecule has 0 saturated heterocycles. The number of nitrogens with one attached hydrogen (secondary N) is 1. The molecular formula is C26H22N2O3. The SMILES string of the molecule is COc1cc(-c2nccc3ccc(-c4cc5ccccc5[nH]4)cc23)cc(OC)c1OC. The molecule has 0 aliphatic carbocycles. The van der Waals surface area contributed by atoms with Gasteiger partial charge in [-0.1, -0.05) is 30.3 Å². The monoisotopic (exact) mass is 410 g/mol. The van der Waals surface area contributed by atoms with Gasteiger partial charge in [0, 0.05) is 33.7 Å². The van der Waals surface area contributed by atoms with Crippen molar-refractivity contribution in [1.29, 1.82) is 0 Å². The van der Waals surface area contributed by atoms with Crippen molar-refractivity contribution in [2.24, 2.45) is 0 Å². The summed E-state index contributed by atoms with van der Waals surface area (Å²) >= 11 is 0. The molecule has 5 nitrogen and oxygen atoms in total. The number of nitrogens with zero attached hydrogens (tertiary/aromatic N) is 1. The first-order valence-electron chi connectivity index (χ1n) is 9.99. The third kappa shape index (κ3) is 3.24. The lowest BCUT2D eigenvalue weighted by Gasteiger charge is -2.15. The van der Waals surface area contributed by atoms with Gasteiger partial charge in [0.15, 0.2) is 11.5 Å². The minimum Gasteiger partial charge on any atom is -0.493 e. The van der Waals surface area contributed by atoms with Crippen LogP contribution >= 0.6 is 0 Å². The zero-order chi connectivity index (χ0) is 21.4. The molecule has 0 atom stereocenters. The van der Waals surface area contributed by atoms with Gasteiger partial charge in [-0.25, -0.2) is 0 Å². The highest BCUT2D eigenvalue weighted by atomic mass is 16.5. The first-order chi connectivity index (χ1) is 15.2. The number of hydrogen-bond donors (Lipinski definition) is 1. The molecule has 0 unspecified atom stereocenters. The Bertz CT molecular complexity index is 1350. The number of benzene rings is 3. The van der Waals surface area contributed by atoms with E-state index in [4.69, 9.17) is 19.2 Å². The molecule has 154 valence electrons. The standard InChI is InChI=1S/C26H22N2O3/c1-29-23-14-19(15-24(30-2)26(23)31-3)25-20-12-18(9-8-16(20)10-11-27-25)22-13-17-6-4-5-7-21(17)28-22/h4-15,28H,1-3H3. The molecule has 0 radical (unpaired) electrons. The van der Waals surface area contributed by atoms with E-state index in [1.807, 2.05) is 36.5 Å². The van der Waals surface area contributed by atoms with Crippen molar-refractivity contribution in [3.63, 3.8) is 0 Å². The highest BCUT2D eigenvalue weighted by Crippen LogP contribution is 2.42. The Hall–Kier alpha value is -3.99. The molecule has 5 heteroatoms. The predicted molar refractivity (Wildman–Crippen MR) is 124 cm³/mol. The molecule has 0 spiro atoms. The van der Waals surface area contributed by atoms with Crippen LogP contribution in [0.4, 0.5) is 0 Å². The molecule has 0 saturated carbocycles. The van der Waals surface area contributed by atoms with Crippen LogP contribution in [0, 0.1) is 0 Å². The number of para-hydroxylation sites is 1. The van der Waals surface area contributed by atoms with E-state index in [0.717, 1.165) is 38.8 Å². The molecule has 1 N–H and O–H groups in total. The maximum absolute atomic E-state index is 5.54. The van der Waals surface area contributed by atoms with Gasteiger partial charge < -0.3 is 19.2 Å². The normalized spacial score (nSPS) is 11.1. The summed E-state index contributed by atoms with van der Waals surface area (Å²) in [4.78, 5) is 8.21. The number of ether oxygens (including phenoxy) is 3. The highest BCUT2D eigenvalue weighted by molar-refractivity contribution is 5.98. The lowest BCUT2D eigenvalue weighted by atomic mass is 10.00. The summed E-state index contributed by atoms with van der Waals surface area (Å²) in [6, 6.07) is 22.8. The second-order valence-electron chi connectivity index (χ2n) is 7.28. The molecule has 3 aromatic carbocycles. The Labute approximate surface area is 180 Å². The molecule has 2 heterocycles. The van der Waals surface area contributed by atoms with Gasteiger partial charge in [0.2, 0.25) is 5.75 Å². The fourth-order valence-electron chi connectivity index (χ4n) is 4.01. The van der Waals surface area contributed by atoms with Crippen molar-refractivity contribution in [3.05, 3.63) is 72.9 Å². The van der Waals surface area contributed by atoms with Crippen LogP contribution in [-0.4, -0.2) is 31.3 Å². The Morgan fingerprint density at radius 1 is 0.710 bits per heavy atom. The zero-order valence-electron chi connectivity index (χ0n) is 17.6. The average molecular weight is 410 g/mol. The minimum atomic E-state index is 0.563. The molecular weight excluding hydrogens is 388 g/mol. The largest absolute Gasteiger partial charge is 0.493 e. The van der Waals surface area contributed by atoms with Crippen molar-refractivity contribution >= 4 is 21.7 Å². The topological polar surface area (TPSA) is 56.4 Å². The maximum Gasteiger partial charge on any atom is 0.203 e. The van der Waals surface area contributed by atoms with Crippen LogP contribution in [0.5, 0.6) is 17.2 Å². The number of aromatic amines is 1. The van der Waals surface area contributed by atoms with Gasteiger partial charge in [0.05, 0.1) is 27.0 Å². The van der Waals surface area contributed by atoms with Crippen molar-refractivity contribution < 1.29 is 14.2 Å². The Balaban J connectivity index is 1.70. The Kier molecular flexibility index (Phi) is 4.71. The van der Waals surface area contributed by atoms with Crippen LogP contribution in [0.25, 0.3) is 44.2 Å². The molecule has 0 amide bonds. The summed E-state index contributed by atoms with van der Waals surface area (Å²) in [5.74, 6) is 1.76. The molecule has 0 bridgehead atoms. The molecule has 2 aromatic heterocycles. The molecule has 31 heavy (non-hydrogen) atoms. The van der Waals surface area contributed by atoms with E-state index in [9.17, 15) is 0 Å². The van der Waals surface area contributed by atoms with Gasteiger partial charge in [-0.15, -0.1) is 0 Å². The third-order valence-corrected chi connectivity index (χ3v) is 5.55. The second-order valence-corrected chi connectivity index (χ2v) is 7.28. The van der Waals surface area contributed by atoms with Crippen LogP contribution in [-0.2, 0) is 0 Å². The van der Waals surface area contributed by atoms with E-state index in [-0.39, 0.29) is 0 Å².